The second kappa shape index (κ2) is 7.74. The van der Waals surface area contributed by atoms with Gasteiger partial charge in [0.1, 0.15) is 0 Å². The van der Waals surface area contributed by atoms with Crippen LogP contribution in [0.1, 0.15) is 12.5 Å². The number of amides is 1. The van der Waals surface area contributed by atoms with Gasteiger partial charge in [0.25, 0.3) is 0 Å². The molecule has 110 valence electrons. The molecule has 0 saturated heterocycles. The monoisotopic (exact) mass is 339 g/mol. The zero-order valence-corrected chi connectivity index (χ0v) is 13.8. The molecule has 0 aliphatic rings. The summed E-state index contributed by atoms with van der Waals surface area (Å²) in [6.07, 6.45) is 0. The quantitative estimate of drug-likeness (QED) is 0.793. The molecular weight excluding hydrogens is 325 g/mol. The first-order chi connectivity index (χ1) is 10.0. The molecule has 2 rings (SSSR count). The number of hydrogen-bond acceptors (Lipinski definition) is 2. The molecule has 0 saturated carbocycles. The molecule has 2 nitrogen and oxygen atoms in total. The van der Waals surface area contributed by atoms with Crippen LogP contribution in [0.2, 0.25) is 10.0 Å². The van der Waals surface area contributed by atoms with Crippen LogP contribution in [0, 0.1) is 0 Å². The summed E-state index contributed by atoms with van der Waals surface area (Å²) in [6.45, 7) is 2.39. The van der Waals surface area contributed by atoms with Crippen LogP contribution in [0.4, 0.5) is 0 Å². The van der Waals surface area contributed by atoms with Crippen LogP contribution in [0.5, 0.6) is 0 Å². The SMILES string of the molecule is C[C@@H](Sc1ccc(Cl)cc1)C(=O)NCc1ccc(Cl)cc1. The second-order valence-corrected chi connectivity index (χ2v) is 6.85. The lowest BCUT2D eigenvalue weighted by Crippen LogP contribution is -2.30. The first kappa shape index (κ1) is 16.2. The Bertz CT molecular complexity index is 599. The lowest BCUT2D eigenvalue weighted by atomic mass is 10.2. The minimum Gasteiger partial charge on any atom is -0.351 e. The molecule has 0 aliphatic heterocycles. The Morgan fingerprint density at radius 3 is 2.14 bits per heavy atom. The topological polar surface area (TPSA) is 29.1 Å². The predicted octanol–water partition coefficient (Wildman–Crippen LogP) is 4.79. The van der Waals surface area contributed by atoms with Gasteiger partial charge in [-0.1, -0.05) is 35.3 Å². The molecule has 2 aromatic rings. The zero-order valence-electron chi connectivity index (χ0n) is 11.5. The molecule has 0 heterocycles. The number of halogens is 2. The van der Waals surface area contributed by atoms with Crippen LogP contribution in [-0.4, -0.2) is 11.2 Å². The Balaban J connectivity index is 1.84. The fourth-order valence-corrected chi connectivity index (χ4v) is 2.85. The van der Waals surface area contributed by atoms with E-state index < -0.39 is 0 Å². The number of carbonyl (C=O) groups excluding carboxylic acids is 1. The zero-order chi connectivity index (χ0) is 15.2. The van der Waals surface area contributed by atoms with Crippen molar-refractivity contribution < 1.29 is 4.79 Å². The van der Waals surface area contributed by atoms with Crippen molar-refractivity contribution in [3.8, 4) is 0 Å². The van der Waals surface area contributed by atoms with Gasteiger partial charge < -0.3 is 5.32 Å². The maximum Gasteiger partial charge on any atom is 0.233 e. The van der Waals surface area contributed by atoms with Gasteiger partial charge in [-0.05, 0) is 48.9 Å². The van der Waals surface area contributed by atoms with Crippen molar-refractivity contribution in [3.05, 3.63) is 64.1 Å². The average molecular weight is 340 g/mol. The maximum atomic E-state index is 12.1. The minimum absolute atomic E-state index is 0.00454. The summed E-state index contributed by atoms with van der Waals surface area (Å²) >= 11 is 13.2. The molecule has 0 radical (unpaired) electrons. The third-order valence-electron chi connectivity index (χ3n) is 2.88. The van der Waals surface area contributed by atoms with Crippen molar-refractivity contribution in [2.45, 2.75) is 23.6 Å². The van der Waals surface area contributed by atoms with Gasteiger partial charge in [0.15, 0.2) is 0 Å². The lowest BCUT2D eigenvalue weighted by molar-refractivity contribution is -0.120. The Morgan fingerprint density at radius 1 is 1.05 bits per heavy atom. The van der Waals surface area contributed by atoms with Crippen LogP contribution in [0.3, 0.4) is 0 Å². The van der Waals surface area contributed by atoms with Crippen LogP contribution >= 0.6 is 35.0 Å². The summed E-state index contributed by atoms with van der Waals surface area (Å²) in [4.78, 5) is 13.1. The van der Waals surface area contributed by atoms with E-state index in [1.807, 2.05) is 55.5 Å². The van der Waals surface area contributed by atoms with Crippen molar-refractivity contribution >= 4 is 40.9 Å². The van der Waals surface area contributed by atoms with Gasteiger partial charge in [-0.2, -0.15) is 0 Å². The first-order valence-corrected chi connectivity index (χ1v) is 8.12. The van der Waals surface area contributed by atoms with Crippen LogP contribution in [0.15, 0.2) is 53.4 Å². The molecule has 0 fully saturated rings. The second-order valence-electron chi connectivity index (χ2n) is 4.56. The van der Waals surface area contributed by atoms with Gasteiger partial charge in [0.05, 0.1) is 5.25 Å². The lowest BCUT2D eigenvalue weighted by Gasteiger charge is -2.12. The molecular formula is C16H15Cl2NOS. The fraction of sp³-hybridized carbons (Fsp3) is 0.188. The fourth-order valence-electron chi connectivity index (χ4n) is 1.71. The number of nitrogens with one attached hydrogen (secondary N) is 1. The van der Waals surface area contributed by atoms with E-state index in [1.54, 1.807) is 0 Å². The van der Waals surface area contributed by atoms with Crippen molar-refractivity contribution in [1.82, 2.24) is 5.32 Å². The highest BCUT2D eigenvalue weighted by atomic mass is 35.5. The maximum absolute atomic E-state index is 12.1. The molecule has 1 N–H and O–H groups in total. The standard InChI is InChI=1S/C16H15Cl2NOS/c1-11(21-15-8-6-14(18)7-9-15)16(20)19-10-12-2-4-13(17)5-3-12/h2-9,11H,10H2,1H3,(H,19,20)/t11-/m1/s1. The van der Waals surface area contributed by atoms with E-state index in [4.69, 9.17) is 23.2 Å². The highest BCUT2D eigenvalue weighted by Gasteiger charge is 2.13. The number of carbonyl (C=O) groups is 1. The van der Waals surface area contributed by atoms with Gasteiger partial charge in [0.2, 0.25) is 5.91 Å². The van der Waals surface area contributed by atoms with E-state index in [9.17, 15) is 4.79 Å². The normalized spacial score (nSPS) is 12.0. The van der Waals surface area contributed by atoms with Gasteiger partial charge in [-0.15, -0.1) is 11.8 Å². The van der Waals surface area contributed by atoms with E-state index in [0.717, 1.165) is 10.5 Å². The van der Waals surface area contributed by atoms with E-state index in [2.05, 4.69) is 5.32 Å². The largest absolute Gasteiger partial charge is 0.351 e. The highest BCUT2D eigenvalue weighted by Crippen LogP contribution is 2.24. The van der Waals surface area contributed by atoms with Crippen molar-refractivity contribution in [2.75, 3.05) is 0 Å². The predicted molar refractivity (Wildman–Crippen MR) is 90.1 cm³/mol. The Morgan fingerprint density at radius 2 is 1.57 bits per heavy atom. The summed E-state index contributed by atoms with van der Waals surface area (Å²) in [7, 11) is 0. The Hall–Kier alpha value is -1.16. The van der Waals surface area contributed by atoms with Gasteiger partial charge >= 0.3 is 0 Å². The number of hydrogen-bond donors (Lipinski definition) is 1. The molecule has 2 aromatic carbocycles. The third kappa shape index (κ3) is 5.27. The van der Waals surface area contributed by atoms with Crippen LogP contribution in [-0.2, 0) is 11.3 Å². The molecule has 0 aromatic heterocycles. The molecule has 5 heteroatoms. The van der Waals surface area contributed by atoms with Crippen LogP contribution in [0.25, 0.3) is 0 Å². The van der Waals surface area contributed by atoms with E-state index in [-0.39, 0.29) is 11.2 Å². The van der Waals surface area contributed by atoms with E-state index >= 15 is 0 Å². The van der Waals surface area contributed by atoms with Crippen molar-refractivity contribution in [2.24, 2.45) is 0 Å². The molecule has 1 atom stereocenters. The number of benzene rings is 2. The molecule has 0 bridgehead atoms. The number of thioether (sulfide) groups is 1. The van der Waals surface area contributed by atoms with Gasteiger partial charge in [0, 0.05) is 21.5 Å². The van der Waals surface area contributed by atoms with Gasteiger partial charge in [-0.25, -0.2) is 0 Å². The Kier molecular flexibility index (Phi) is 5.97. The molecule has 1 amide bonds. The molecule has 0 aliphatic carbocycles. The van der Waals surface area contributed by atoms with E-state index in [1.165, 1.54) is 11.8 Å². The third-order valence-corrected chi connectivity index (χ3v) is 4.49. The summed E-state index contributed by atoms with van der Waals surface area (Å²) < 4.78 is 0. The molecule has 21 heavy (non-hydrogen) atoms. The van der Waals surface area contributed by atoms with E-state index in [0.29, 0.717) is 16.6 Å². The van der Waals surface area contributed by atoms with Crippen molar-refractivity contribution in [1.29, 1.82) is 0 Å². The highest BCUT2D eigenvalue weighted by molar-refractivity contribution is 8.00. The van der Waals surface area contributed by atoms with Gasteiger partial charge in [-0.3, -0.25) is 4.79 Å². The molecule has 0 unspecified atom stereocenters. The summed E-state index contributed by atoms with van der Waals surface area (Å²) in [5, 5.41) is 4.14. The molecule has 0 spiro atoms. The summed E-state index contributed by atoms with van der Waals surface area (Å²) in [6, 6.07) is 14.9. The minimum atomic E-state index is -0.168. The van der Waals surface area contributed by atoms with Crippen LogP contribution < -0.4 is 5.32 Å². The van der Waals surface area contributed by atoms with Crippen molar-refractivity contribution in [3.63, 3.8) is 0 Å². The first-order valence-electron chi connectivity index (χ1n) is 6.49. The Labute approximate surface area is 138 Å². The smallest absolute Gasteiger partial charge is 0.233 e. The summed E-state index contributed by atoms with van der Waals surface area (Å²) in [5.41, 5.74) is 1.02. The average Bonchev–Trinajstić information content (AvgIpc) is 2.48. The summed E-state index contributed by atoms with van der Waals surface area (Å²) in [5.74, 6) is 0.00454. The number of rotatable bonds is 5.